The van der Waals surface area contributed by atoms with Gasteiger partial charge in [-0.1, -0.05) is 76.8 Å². The summed E-state index contributed by atoms with van der Waals surface area (Å²) in [5.74, 6) is -2.36. The lowest BCUT2D eigenvalue weighted by molar-refractivity contribution is -0.0887. The molecule has 0 bridgehead atoms. The monoisotopic (exact) mass is 406 g/mol. The van der Waals surface area contributed by atoms with Crippen molar-refractivity contribution in [2.75, 3.05) is 5.75 Å². The Morgan fingerprint density at radius 1 is 0.852 bits per heavy atom. The van der Waals surface area contributed by atoms with E-state index < -0.39 is 32.3 Å². The quantitative estimate of drug-likeness (QED) is 0.293. The van der Waals surface area contributed by atoms with Crippen LogP contribution in [0.1, 0.15) is 81.5 Å². The number of halogens is 3. The Kier molecular flexibility index (Phi) is 10.1. The molecule has 1 aromatic carbocycles. The normalized spacial score (nSPS) is 12.3. The maximum Gasteiger partial charge on any atom is 0.454 e. The van der Waals surface area contributed by atoms with E-state index in [-0.39, 0.29) is 5.75 Å². The van der Waals surface area contributed by atoms with Crippen molar-refractivity contribution in [3.05, 3.63) is 29.8 Å². The average molecular weight is 407 g/mol. The van der Waals surface area contributed by atoms with E-state index in [1.54, 1.807) is 0 Å². The SMILES string of the molecule is CCCCCCCCCCCCS(=O)(=O)c1ccccc1C(=O)C(F)(F)F. The highest BCUT2D eigenvalue weighted by Crippen LogP contribution is 2.27. The van der Waals surface area contributed by atoms with Gasteiger partial charge in [0.2, 0.25) is 0 Å². The summed E-state index contributed by atoms with van der Waals surface area (Å²) >= 11 is 0. The summed E-state index contributed by atoms with van der Waals surface area (Å²) in [5.41, 5.74) is -0.794. The van der Waals surface area contributed by atoms with Crippen molar-refractivity contribution >= 4 is 15.6 Å². The van der Waals surface area contributed by atoms with Gasteiger partial charge in [-0.15, -0.1) is 0 Å². The number of ketones is 1. The molecule has 0 atom stereocenters. The summed E-state index contributed by atoms with van der Waals surface area (Å²) in [4.78, 5) is 11.0. The van der Waals surface area contributed by atoms with E-state index in [2.05, 4.69) is 6.92 Å². The second-order valence-corrected chi connectivity index (χ2v) is 8.90. The molecule has 0 unspecified atom stereocenters. The maximum absolute atomic E-state index is 12.7. The molecule has 0 spiro atoms. The first-order valence-corrected chi connectivity index (χ1v) is 11.3. The number of sulfone groups is 1. The molecule has 3 nitrogen and oxygen atoms in total. The number of unbranched alkanes of at least 4 members (excludes halogenated alkanes) is 9. The molecule has 7 heteroatoms. The number of alkyl halides is 3. The van der Waals surface area contributed by atoms with E-state index in [1.807, 2.05) is 0 Å². The summed E-state index contributed by atoms with van der Waals surface area (Å²) in [6.07, 6.45) is 5.21. The third-order valence-electron chi connectivity index (χ3n) is 4.49. The van der Waals surface area contributed by atoms with Crippen LogP contribution in [0.25, 0.3) is 0 Å². The molecule has 0 saturated heterocycles. The van der Waals surface area contributed by atoms with E-state index in [4.69, 9.17) is 0 Å². The van der Waals surface area contributed by atoms with Gasteiger partial charge in [0.1, 0.15) is 0 Å². The Balaban J connectivity index is 2.47. The third-order valence-corrected chi connectivity index (χ3v) is 6.34. The Hall–Kier alpha value is -1.37. The average Bonchev–Trinajstić information content (AvgIpc) is 2.62. The molecule has 1 rings (SSSR count). The van der Waals surface area contributed by atoms with Crippen molar-refractivity contribution in [3.63, 3.8) is 0 Å². The van der Waals surface area contributed by atoms with Crippen molar-refractivity contribution in [3.8, 4) is 0 Å². The first-order valence-electron chi connectivity index (χ1n) is 9.63. The minimum absolute atomic E-state index is 0.244. The molecule has 27 heavy (non-hydrogen) atoms. The van der Waals surface area contributed by atoms with Crippen molar-refractivity contribution in [2.45, 2.75) is 82.2 Å². The van der Waals surface area contributed by atoms with E-state index >= 15 is 0 Å². The summed E-state index contributed by atoms with van der Waals surface area (Å²) in [6.45, 7) is 2.17. The number of benzene rings is 1. The second kappa shape index (κ2) is 11.5. The number of rotatable bonds is 13. The van der Waals surface area contributed by atoms with E-state index in [1.165, 1.54) is 44.2 Å². The molecule has 0 aromatic heterocycles. The molecule has 0 fully saturated rings. The van der Waals surface area contributed by atoms with Crippen molar-refractivity contribution in [2.24, 2.45) is 0 Å². The first-order chi connectivity index (χ1) is 12.7. The van der Waals surface area contributed by atoms with Crippen LogP contribution in [0.4, 0.5) is 13.2 Å². The molecular weight excluding hydrogens is 377 g/mol. The standard InChI is InChI=1S/C20H29F3O3S/c1-2-3-4-5-6-7-8-9-10-13-16-27(25,26)18-15-12-11-14-17(18)19(24)20(21,22)23/h11-12,14-15H,2-10,13,16H2,1H3. The van der Waals surface area contributed by atoms with Gasteiger partial charge < -0.3 is 0 Å². The number of Topliss-reactive ketones (excluding diaryl/α,β-unsaturated/α-hetero) is 1. The van der Waals surface area contributed by atoms with Gasteiger partial charge in [-0.05, 0) is 18.6 Å². The van der Waals surface area contributed by atoms with E-state index in [9.17, 15) is 26.4 Å². The van der Waals surface area contributed by atoms with E-state index in [0.29, 0.717) is 12.8 Å². The molecule has 0 heterocycles. The molecule has 1 aromatic rings. The minimum atomic E-state index is -5.09. The fraction of sp³-hybridized carbons (Fsp3) is 0.650. The minimum Gasteiger partial charge on any atom is -0.284 e. The summed E-state index contributed by atoms with van der Waals surface area (Å²) in [5, 5.41) is 0. The molecule has 0 saturated carbocycles. The smallest absolute Gasteiger partial charge is 0.284 e. The van der Waals surface area contributed by atoms with Crippen LogP contribution in [0.3, 0.4) is 0 Å². The highest BCUT2D eigenvalue weighted by atomic mass is 32.2. The van der Waals surface area contributed by atoms with Crippen LogP contribution in [-0.2, 0) is 9.84 Å². The molecule has 0 aliphatic carbocycles. The molecule has 0 aliphatic rings. The summed E-state index contributed by atoms with van der Waals surface area (Å²) in [6, 6.07) is 4.56. The highest BCUT2D eigenvalue weighted by Gasteiger charge is 2.41. The Morgan fingerprint density at radius 2 is 1.33 bits per heavy atom. The molecule has 0 amide bonds. The van der Waals surface area contributed by atoms with Crippen molar-refractivity contribution in [1.29, 1.82) is 0 Å². The fourth-order valence-corrected chi connectivity index (χ4v) is 4.55. The summed E-state index contributed by atoms with van der Waals surface area (Å²) < 4.78 is 62.8. The van der Waals surface area contributed by atoms with Gasteiger partial charge in [-0.25, -0.2) is 8.42 Å². The Bertz CT molecular complexity index is 682. The van der Waals surface area contributed by atoms with Gasteiger partial charge in [0.15, 0.2) is 9.84 Å². The Morgan fingerprint density at radius 3 is 1.85 bits per heavy atom. The van der Waals surface area contributed by atoms with Gasteiger partial charge in [0, 0.05) is 5.56 Å². The fourth-order valence-electron chi connectivity index (χ4n) is 2.97. The lowest BCUT2D eigenvalue weighted by atomic mass is 10.1. The van der Waals surface area contributed by atoms with Gasteiger partial charge in [-0.3, -0.25) is 4.79 Å². The molecular formula is C20H29F3O3S. The molecule has 0 N–H and O–H groups in total. The first kappa shape index (κ1) is 23.7. The Labute approximate surface area is 160 Å². The zero-order chi connectivity index (χ0) is 20.3. The predicted octanol–water partition coefficient (Wildman–Crippen LogP) is 6.13. The number of carbonyl (C=O) groups is 1. The van der Waals surface area contributed by atoms with Gasteiger partial charge in [-0.2, -0.15) is 13.2 Å². The number of carbonyl (C=O) groups excluding carboxylic acids is 1. The zero-order valence-corrected chi connectivity index (χ0v) is 16.7. The summed E-state index contributed by atoms with van der Waals surface area (Å²) in [7, 11) is -3.92. The van der Waals surface area contributed by atoms with Crippen LogP contribution in [0.5, 0.6) is 0 Å². The van der Waals surface area contributed by atoms with Crippen LogP contribution in [0, 0.1) is 0 Å². The van der Waals surface area contributed by atoms with Crippen molar-refractivity contribution < 1.29 is 26.4 Å². The van der Waals surface area contributed by atoms with Crippen LogP contribution < -0.4 is 0 Å². The zero-order valence-electron chi connectivity index (χ0n) is 15.9. The lowest BCUT2D eigenvalue weighted by Crippen LogP contribution is -2.25. The van der Waals surface area contributed by atoms with Gasteiger partial charge in [0.05, 0.1) is 10.6 Å². The van der Waals surface area contributed by atoms with Crippen LogP contribution in [0.2, 0.25) is 0 Å². The number of hydrogen-bond acceptors (Lipinski definition) is 3. The third kappa shape index (κ3) is 8.45. The second-order valence-electron chi connectivity index (χ2n) is 6.82. The largest absolute Gasteiger partial charge is 0.454 e. The molecule has 0 aliphatic heterocycles. The number of hydrogen-bond donors (Lipinski definition) is 0. The van der Waals surface area contributed by atoms with Gasteiger partial charge >= 0.3 is 6.18 Å². The predicted molar refractivity (Wildman–Crippen MR) is 101 cm³/mol. The van der Waals surface area contributed by atoms with Crippen molar-refractivity contribution in [1.82, 2.24) is 0 Å². The van der Waals surface area contributed by atoms with Gasteiger partial charge in [0.25, 0.3) is 5.78 Å². The van der Waals surface area contributed by atoms with Crippen LogP contribution in [-0.4, -0.2) is 26.1 Å². The lowest BCUT2D eigenvalue weighted by Gasteiger charge is -2.11. The topological polar surface area (TPSA) is 51.2 Å². The highest BCUT2D eigenvalue weighted by molar-refractivity contribution is 7.91. The van der Waals surface area contributed by atoms with Crippen LogP contribution in [0.15, 0.2) is 29.2 Å². The maximum atomic E-state index is 12.7. The van der Waals surface area contributed by atoms with E-state index in [0.717, 1.165) is 31.4 Å². The molecule has 0 radical (unpaired) electrons. The van der Waals surface area contributed by atoms with Crippen LogP contribution >= 0.6 is 0 Å². The molecule has 154 valence electrons.